The van der Waals surface area contributed by atoms with Crippen molar-refractivity contribution in [1.29, 1.82) is 0 Å². The van der Waals surface area contributed by atoms with Crippen molar-refractivity contribution < 1.29 is 0 Å². The fourth-order valence-electron chi connectivity index (χ4n) is 1.60. The maximum atomic E-state index is 4.29. The quantitative estimate of drug-likeness (QED) is 0.809. The lowest BCUT2D eigenvalue weighted by Gasteiger charge is -2.23. The second-order valence-corrected chi connectivity index (χ2v) is 4.70. The highest BCUT2D eigenvalue weighted by Gasteiger charge is 2.14. The number of nitrogens with zero attached hydrogens (tertiary/aromatic N) is 2. The Morgan fingerprint density at radius 2 is 2.29 bits per heavy atom. The van der Waals surface area contributed by atoms with Gasteiger partial charge in [-0.2, -0.15) is 11.8 Å². The minimum absolute atomic E-state index is 0.573. The summed E-state index contributed by atoms with van der Waals surface area (Å²) in [6.45, 7) is 1.99. The molecule has 3 nitrogen and oxygen atoms in total. The molecule has 0 aliphatic carbocycles. The first-order valence-electron chi connectivity index (χ1n) is 4.98. The van der Waals surface area contributed by atoms with Crippen molar-refractivity contribution >= 4 is 17.6 Å². The van der Waals surface area contributed by atoms with E-state index in [1.54, 1.807) is 12.4 Å². The standard InChI is InChI=1S/C10H15N3S/c1-8-10(12-5-4-11-8)13-9-3-2-6-14-7-9/h4-5,9H,2-3,6-7H2,1H3,(H,12,13). The predicted octanol–water partition coefficient (Wildman–Crippen LogP) is 2.09. The molecule has 2 heterocycles. The zero-order chi connectivity index (χ0) is 9.80. The monoisotopic (exact) mass is 209 g/mol. The van der Waals surface area contributed by atoms with Crippen LogP contribution in [0.1, 0.15) is 18.5 Å². The third-order valence-corrected chi connectivity index (χ3v) is 3.60. The molecule has 1 fully saturated rings. The molecule has 1 aromatic rings. The van der Waals surface area contributed by atoms with Crippen molar-refractivity contribution in [1.82, 2.24) is 9.97 Å². The third kappa shape index (κ3) is 2.38. The third-order valence-electron chi connectivity index (χ3n) is 2.38. The van der Waals surface area contributed by atoms with E-state index in [4.69, 9.17) is 0 Å². The zero-order valence-corrected chi connectivity index (χ0v) is 9.18. The van der Waals surface area contributed by atoms with Crippen LogP contribution in [-0.2, 0) is 0 Å². The van der Waals surface area contributed by atoms with E-state index in [-0.39, 0.29) is 0 Å². The molecular formula is C10H15N3S. The Labute approximate surface area is 88.7 Å². The molecule has 4 heteroatoms. The first-order chi connectivity index (χ1) is 6.86. The van der Waals surface area contributed by atoms with Gasteiger partial charge in [0.05, 0.1) is 5.69 Å². The van der Waals surface area contributed by atoms with Crippen molar-refractivity contribution in [3.8, 4) is 0 Å². The normalized spacial score (nSPS) is 21.9. The van der Waals surface area contributed by atoms with Gasteiger partial charge in [-0.3, -0.25) is 4.98 Å². The lowest BCUT2D eigenvalue weighted by atomic mass is 10.2. The number of aromatic nitrogens is 2. The molecule has 0 amide bonds. The summed E-state index contributed by atoms with van der Waals surface area (Å²) in [5.74, 6) is 3.44. The smallest absolute Gasteiger partial charge is 0.147 e. The van der Waals surface area contributed by atoms with Crippen LogP contribution in [0, 0.1) is 6.92 Å². The molecule has 1 saturated heterocycles. The summed E-state index contributed by atoms with van der Waals surface area (Å²) in [5.41, 5.74) is 0.989. The van der Waals surface area contributed by atoms with E-state index in [9.17, 15) is 0 Å². The van der Waals surface area contributed by atoms with Crippen LogP contribution in [0.2, 0.25) is 0 Å². The van der Waals surface area contributed by atoms with Crippen molar-refractivity contribution in [2.24, 2.45) is 0 Å². The summed E-state index contributed by atoms with van der Waals surface area (Å²) < 4.78 is 0. The Hall–Kier alpha value is -0.770. The number of aryl methyl sites for hydroxylation is 1. The van der Waals surface area contributed by atoms with Crippen molar-refractivity contribution in [2.75, 3.05) is 16.8 Å². The first-order valence-corrected chi connectivity index (χ1v) is 6.13. The zero-order valence-electron chi connectivity index (χ0n) is 8.36. The van der Waals surface area contributed by atoms with Crippen LogP contribution in [-0.4, -0.2) is 27.5 Å². The number of rotatable bonds is 2. The molecule has 2 rings (SSSR count). The van der Waals surface area contributed by atoms with Gasteiger partial charge >= 0.3 is 0 Å². The van der Waals surface area contributed by atoms with E-state index in [0.717, 1.165) is 11.5 Å². The lowest BCUT2D eigenvalue weighted by Crippen LogP contribution is -2.26. The van der Waals surface area contributed by atoms with E-state index in [1.165, 1.54) is 24.3 Å². The van der Waals surface area contributed by atoms with Crippen LogP contribution in [0.15, 0.2) is 12.4 Å². The van der Waals surface area contributed by atoms with Crippen LogP contribution >= 0.6 is 11.8 Å². The first kappa shape index (κ1) is 9.77. The van der Waals surface area contributed by atoms with Gasteiger partial charge in [0.15, 0.2) is 0 Å². The molecule has 0 aromatic carbocycles. The van der Waals surface area contributed by atoms with Crippen LogP contribution in [0.4, 0.5) is 5.82 Å². The maximum Gasteiger partial charge on any atom is 0.147 e. The molecule has 0 radical (unpaired) electrons. The second kappa shape index (κ2) is 4.64. The number of hydrogen-bond donors (Lipinski definition) is 1. The molecule has 1 unspecified atom stereocenters. The molecule has 1 aliphatic heterocycles. The molecule has 1 atom stereocenters. The summed E-state index contributed by atoms with van der Waals surface area (Å²) in [4.78, 5) is 8.50. The summed E-state index contributed by atoms with van der Waals surface area (Å²) in [6, 6.07) is 0.573. The fourth-order valence-corrected chi connectivity index (χ4v) is 2.67. The average molecular weight is 209 g/mol. The van der Waals surface area contributed by atoms with Crippen molar-refractivity contribution in [2.45, 2.75) is 25.8 Å². The Bertz CT molecular complexity index is 297. The van der Waals surface area contributed by atoms with E-state index in [0.29, 0.717) is 6.04 Å². The van der Waals surface area contributed by atoms with Gasteiger partial charge in [0.2, 0.25) is 0 Å². The van der Waals surface area contributed by atoms with Crippen LogP contribution in [0.3, 0.4) is 0 Å². The van der Waals surface area contributed by atoms with Gasteiger partial charge < -0.3 is 5.32 Å². The van der Waals surface area contributed by atoms with Crippen molar-refractivity contribution in [3.63, 3.8) is 0 Å². The van der Waals surface area contributed by atoms with Gasteiger partial charge in [-0.05, 0) is 25.5 Å². The van der Waals surface area contributed by atoms with Gasteiger partial charge in [0.1, 0.15) is 5.82 Å². The highest BCUT2D eigenvalue weighted by molar-refractivity contribution is 7.99. The molecule has 0 bridgehead atoms. The maximum absolute atomic E-state index is 4.29. The molecule has 1 aromatic heterocycles. The summed E-state index contributed by atoms with van der Waals surface area (Å²) in [7, 11) is 0. The molecule has 1 aliphatic rings. The van der Waals surface area contributed by atoms with Gasteiger partial charge in [0.25, 0.3) is 0 Å². The number of thioether (sulfide) groups is 1. The molecule has 0 saturated carbocycles. The van der Waals surface area contributed by atoms with Crippen LogP contribution < -0.4 is 5.32 Å². The van der Waals surface area contributed by atoms with E-state index in [1.807, 2.05) is 18.7 Å². The summed E-state index contributed by atoms with van der Waals surface area (Å²) in [6.07, 6.45) is 6.03. The van der Waals surface area contributed by atoms with Crippen LogP contribution in [0.25, 0.3) is 0 Å². The highest BCUT2D eigenvalue weighted by Crippen LogP contribution is 2.20. The average Bonchev–Trinajstić information content (AvgIpc) is 2.23. The van der Waals surface area contributed by atoms with Gasteiger partial charge in [-0.1, -0.05) is 0 Å². The molecule has 1 N–H and O–H groups in total. The fraction of sp³-hybridized carbons (Fsp3) is 0.600. The predicted molar refractivity (Wildman–Crippen MR) is 60.7 cm³/mol. The second-order valence-electron chi connectivity index (χ2n) is 3.55. The molecular weight excluding hydrogens is 194 g/mol. The van der Waals surface area contributed by atoms with Crippen LogP contribution in [0.5, 0.6) is 0 Å². The van der Waals surface area contributed by atoms with E-state index < -0.39 is 0 Å². The van der Waals surface area contributed by atoms with Gasteiger partial charge in [0, 0.05) is 24.2 Å². The van der Waals surface area contributed by atoms with E-state index in [2.05, 4.69) is 15.3 Å². The Kier molecular flexibility index (Phi) is 3.24. The van der Waals surface area contributed by atoms with Gasteiger partial charge in [-0.25, -0.2) is 4.98 Å². The number of hydrogen-bond acceptors (Lipinski definition) is 4. The van der Waals surface area contributed by atoms with E-state index >= 15 is 0 Å². The molecule has 0 spiro atoms. The lowest BCUT2D eigenvalue weighted by molar-refractivity contribution is 0.681. The Morgan fingerprint density at radius 1 is 1.43 bits per heavy atom. The van der Waals surface area contributed by atoms with Crippen molar-refractivity contribution in [3.05, 3.63) is 18.1 Å². The molecule has 76 valence electrons. The van der Waals surface area contributed by atoms with Gasteiger partial charge in [-0.15, -0.1) is 0 Å². The number of anilines is 1. The number of nitrogens with one attached hydrogen (secondary N) is 1. The summed E-state index contributed by atoms with van der Waals surface area (Å²) >= 11 is 2.02. The molecule has 14 heavy (non-hydrogen) atoms. The largest absolute Gasteiger partial charge is 0.365 e. The minimum atomic E-state index is 0.573. The minimum Gasteiger partial charge on any atom is -0.365 e. The Balaban J connectivity index is 1.99. The highest BCUT2D eigenvalue weighted by atomic mass is 32.2. The SMILES string of the molecule is Cc1nccnc1NC1CCCSC1. The summed E-state index contributed by atoms with van der Waals surface area (Å²) in [5, 5.41) is 3.45. The topological polar surface area (TPSA) is 37.8 Å². The Morgan fingerprint density at radius 3 is 3.00 bits per heavy atom.